The van der Waals surface area contributed by atoms with Crippen LogP contribution in [-0.4, -0.2) is 73.6 Å². The molecule has 224 valence electrons. The Hall–Kier alpha value is -1.95. The van der Waals surface area contributed by atoms with Gasteiger partial charge < -0.3 is 4.74 Å². The summed E-state index contributed by atoms with van der Waals surface area (Å²) >= 11 is 0. The summed E-state index contributed by atoms with van der Waals surface area (Å²) in [6, 6.07) is 11.5. The minimum Gasteiger partial charge on any atom is -0.353 e. The first-order chi connectivity index (χ1) is 18.4. The van der Waals surface area contributed by atoms with Gasteiger partial charge in [-0.25, -0.2) is 8.78 Å². The second-order valence-electron chi connectivity index (χ2n) is 10.5. The Kier molecular flexibility index (Phi) is 11.2. The second-order valence-corrected chi connectivity index (χ2v) is 10.5. The molecule has 3 nitrogen and oxygen atoms in total. The predicted molar refractivity (Wildman–Crippen MR) is 138 cm³/mol. The summed E-state index contributed by atoms with van der Waals surface area (Å²) in [6.07, 6.45) is -12.7. The quantitative estimate of drug-likeness (QED) is 0.295. The topological polar surface area (TPSA) is 15.7 Å². The van der Waals surface area contributed by atoms with Gasteiger partial charge in [-0.05, 0) is 86.0 Å². The number of alkyl halides is 6. The Morgan fingerprint density at radius 3 is 1.32 bits per heavy atom. The predicted octanol–water partition coefficient (Wildman–Crippen LogP) is 7.32. The lowest BCUT2D eigenvalue weighted by Crippen LogP contribution is -2.52. The number of nitrogens with zero attached hydrogens (tertiary/aromatic N) is 2. The van der Waals surface area contributed by atoms with E-state index in [0.29, 0.717) is 38.8 Å². The van der Waals surface area contributed by atoms with Crippen molar-refractivity contribution in [2.75, 3.05) is 39.3 Å². The monoisotopic (exact) mass is 600 g/mol. The van der Waals surface area contributed by atoms with Crippen LogP contribution in [0.4, 0.5) is 35.1 Å². The maximum atomic E-state index is 14.0. The fourth-order valence-electron chi connectivity index (χ4n) is 5.57. The lowest BCUT2D eigenvalue weighted by molar-refractivity contribution is -0.290. The van der Waals surface area contributed by atoms with E-state index >= 15 is 0 Å². The van der Waals surface area contributed by atoms with Crippen molar-refractivity contribution in [3.63, 3.8) is 0 Å². The van der Waals surface area contributed by atoms with Gasteiger partial charge in [-0.15, -0.1) is 12.4 Å². The molecule has 0 N–H and O–H groups in total. The highest BCUT2D eigenvalue weighted by atomic mass is 35.5. The van der Waals surface area contributed by atoms with Gasteiger partial charge in [0.05, 0.1) is 0 Å². The second kappa shape index (κ2) is 13.8. The third-order valence-corrected chi connectivity index (χ3v) is 7.60. The Bertz CT molecular complexity index is 965. The fraction of sp³-hybridized carbons (Fsp3) is 0.571. The Morgan fingerprint density at radius 2 is 1.00 bits per heavy atom. The molecule has 2 aliphatic rings. The van der Waals surface area contributed by atoms with Crippen molar-refractivity contribution in [1.82, 2.24) is 9.80 Å². The van der Waals surface area contributed by atoms with E-state index in [9.17, 15) is 35.1 Å². The lowest BCUT2D eigenvalue weighted by atomic mass is 9.90. The highest BCUT2D eigenvalue weighted by molar-refractivity contribution is 5.85. The summed E-state index contributed by atoms with van der Waals surface area (Å²) in [4.78, 5) is 2.96. The van der Waals surface area contributed by atoms with Crippen LogP contribution in [0.15, 0.2) is 48.5 Å². The summed E-state index contributed by atoms with van der Waals surface area (Å²) in [7, 11) is 0. The molecule has 2 aromatic rings. The lowest BCUT2D eigenvalue weighted by Gasteiger charge is -2.39. The molecule has 2 unspecified atom stereocenters. The molecular formula is C28H33ClF8N2O. The van der Waals surface area contributed by atoms with E-state index in [1.54, 1.807) is 24.3 Å². The number of piperidine rings is 2. The molecule has 12 heteroatoms. The van der Waals surface area contributed by atoms with Crippen molar-refractivity contribution in [1.29, 1.82) is 0 Å². The molecular weight excluding hydrogens is 568 g/mol. The van der Waals surface area contributed by atoms with Crippen LogP contribution < -0.4 is 0 Å². The van der Waals surface area contributed by atoms with E-state index in [1.807, 2.05) is 0 Å². The minimum absolute atomic E-state index is 0. The Morgan fingerprint density at radius 1 is 0.650 bits per heavy atom. The molecule has 0 amide bonds. The molecule has 2 aromatic carbocycles. The highest BCUT2D eigenvalue weighted by Crippen LogP contribution is 2.34. The highest BCUT2D eigenvalue weighted by Gasteiger charge is 2.50. The molecule has 2 saturated heterocycles. The number of likely N-dealkylation sites (tertiary alicyclic amines) is 2. The number of hydrogen-bond donors (Lipinski definition) is 0. The van der Waals surface area contributed by atoms with Gasteiger partial charge in [-0.2, -0.15) is 26.3 Å². The number of ether oxygens (including phenoxy) is 1. The molecule has 0 aliphatic carbocycles. The zero-order valence-corrected chi connectivity index (χ0v) is 22.6. The fourth-order valence-corrected chi connectivity index (χ4v) is 5.57. The van der Waals surface area contributed by atoms with E-state index in [-0.39, 0.29) is 37.3 Å². The molecule has 40 heavy (non-hydrogen) atoms. The van der Waals surface area contributed by atoms with Crippen LogP contribution in [0.3, 0.4) is 0 Å². The van der Waals surface area contributed by atoms with E-state index in [2.05, 4.69) is 0 Å². The summed E-state index contributed by atoms with van der Waals surface area (Å²) in [5, 5.41) is 0. The van der Waals surface area contributed by atoms with Crippen LogP contribution in [-0.2, 0) is 4.74 Å². The SMILES string of the molecule is Cl.Fc1ccc(C2CCCN(C[C@H](O[C@@H](CN3CCCC(c4ccc(F)cc4)C3)C(F)(F)F)C(F)(F)F)C2)cc1. The first-order valence-corrected chi connectivity index (χ1v) is 13.1. The van der Waals surface area contributed by atoms with E-state index in [1.165, 1.54) is 34.1 Å². The molecule has 0 saturated carbocycles. The largest absolute Gasteiger partial charge is 0.415 e. The summed E-state index contributed by atoms with van der Waals surface area (Å²) < 4.78 is 115. The van der Waals surface area contributed by atoms with Crippen molar-refractivity contribution < 1.29 is 39.9 Å². The van der Waals surface area contributed by atoms with Crippen LogP contribution in [0.2, 0.25) is 0 Å². The van der Waals surface area contributed by atoms with Crippen LogP contribution >= 0.6 is 12.4 Å². The normalized spacial score (nSPS) is 22.9. The zero-order chi connectivity index (χ0) is 28.2. The van der Waals surface area contributed by atoms with Gasteiger partial charge in [0.2, 0.25) is 0 Å². The van der Waals surface area contributed by atoms with Crippen molar-refractivity contribution in [3.05, 3.63) is 71.3 Å². The molecule has 0 bridgehead atoms. The van der Waals surface area contributed by atoms with Gasteiger partial charge in [-0.3, -0.25) is 9.80 Å². The standard InChI is InChI=1S/C28H32F8N2O.ClH/c29-23-9-5-19(6-10-23)21-3-1-13-37(15-21)17-25(27(31,32)33)39-26(28(34,35)36)18-38-14-2-4-22(16-38)20-7-11-24(30)12-8-20;/h5-12,21-22,25-26H,1-4,13-18H2;1H/t21?,22?,25-,26-;/m0./s1. The van der Waals surface area contributed by atoms with E-state index in [4.69, 9.17) is 4.74 Å². The first kappa shape index (κ1) is 32.6. The number of rotatable bonds is 8. The van der Waals surface area contributed by atoms with Crippen molar-refractivity contribution >= 4 is 12.4 Å². The van der Waals surface area contributed by atoms with E-state index < -0.39 is 49.3 Å². The maximum absolute atomic E-state index is 14.0. The molecule has 4 atom stereocenters. The average molecular weight is 601 g/mol. The van der Waals surface area contributed by atoms with Crippen molar-refractivity contribution in [2.45, 2.75) is 62.1 Å². The third-order valence-electron chi connectivity index (χ3n) is 7.60. The van der Waals surface area contributed by atoms with Gasteiger partial charge in [0, 0.05) is 26.2 Å². The Balaban J connectivity index is 0.00000441. The minimum atomic E-state index is -5.00. The van der Waals surface area contributed by atoms with Gasteiger partial charge in [0.1, 0.15) is 11.6 Å². The maximum Gasteiger partial charge on any atom is 0.415 e. The number of benzene rings is 2. The van der Waals surface area contributed by atoms with Crippen LogP contribution in [0.5, 0.6) is 0 Å². The summed E-state index contributed by atoms with van der Waals surface area (Å²) in [6.45, 7) is -0.406. The summed E-state index contributed by atoms with van der Waals surface area (Å²) in [5.74, 6) is -1.15. The van der Waals surface area contributed by atoms with Crippen molar-refractivity contribution in [2.24, 2.45) is 0 Å². The first-order valence-electron chi connectivity index (χ1n) is 13.1. The van der Waals surface area contributed by atoms with Crippen LogP contribution in [0, 0.1) is 11.6 Å². The van der Waals surface area contributed by atoms with E-state index in [0.717, 1.165) is 11.1 Å². The molecule has 2 heterocycles. The number of halogens is 9. The molecule has 2 fully saturated rings. The molecule has 0 aromatic heterocycles. The average Bonchev–Trinajstić information content (AvgIpc) is 2.88. The van der Waals surface area contributed by atoms with Crippen molar-refractivity contribution in [3.8, 4) is 0 Å². The number of hydrogen-bond acceptors (Lipinski definition) is 3. The smallest absolute Gasteiger partial charge is 0.353 e. The van der Waals surface area contributed by atoms with Gasteiger partial charge in [0.15, 0.2) is 12.2 Å². The molecule has 0 spiro atoms. The van der Waals surface area contributed by atoms with Gasteiger partial charge in [-0.1, -0.05) is 24.3 Å². The molecule has 4 rings (SSSR count). The molecule has 2 aliphatic heterocycles. The Labute approximate surface area is 234 Å². The molecule has 0 radical (unpaired) electrons. The summed E-state index contributed by atoms with van der Waals surface area (Å²) in [5.41, 5.74) is 1.55. The van der Waals surface area contributed by atoms with Gasteiger partial charge in [0.25, 0.3) is 0 Å². The third kappa shape index (κ3) is 9.03. The zero-order valence-electron chi connectivity index (χ0n) is 21.7. The van der Waals surface area contributed by atoms with Crippen LogP contribution in [0.25, 0.3) is 0 Å². The van der Waals surface area contributed by atoms with Gasteiger partial charge >= 0.3 is 12.4 Å². The van der Waals surface area contributed by atoms with Crippen LogP contribution in [0.1, 0.15) is 48.6 Å².